The first-order valence-corrected chi connectivity index (χ1v) is 7.27. The van der Waals surface area contributed by atoms with Gasteiger partial charge < -0.3 is 9.47 Å². The molecule has 0 radical (unpaired) electrons. The molecule has 0 N–H and O–H groups in total. The molecule has 0 aromatic rings. The maximum atomic E-state index is 12.1. The van der Waals surface area contributed by atoms with Gasteiger partial charge in [0.2, 0.25) is 0 Å². The van der Waals surface area contributed by atoms with Gasteiger partial charge in [0.15, 0.2) is 0 Å². The van der Waals surface area contributed by atoms with Gasteiger partial charge in [0.25, 0.3) is 0 Å². The number of halogens is 2. The van der Waals surface area contributed by atoms with E-state index in [4.69, 9.17) is 32.7 Å². The zero-order valence-corrected chi connectivity index (χ0v) is 12.5. The van der Waals surface area contributed by atoms with E-state index in [0.717, 1.165) is 0 Å². The second-order valence-corrected chi connectivity index (χ2v) is 6.30. The molecule has 0 amide bonds. The highest BCUT2D eigenvalue weighted by Crippen LogP contribution is 2.60. The van der Waals surface area contributed by atoms with Crippen LogP contribution in [0.3, 0.4) is 0 Å². The van der Waals surface area contributed by atoms with Crippen molar-refractivity contribution in [2.45, 2.75) is 10.8 Å². The van der Waals surface area contributed by atoms with E-state index < -0.39 is 11.9 Å². The van der Waals surface area contributed by atoms with Crippen molar-refractivity contribution in [1.29, 1.82) is 0 Å². The van der Waals surface area contributed by atoms with Crippen molar-refractivity contribution < 1.29 is 19.1 Å². The molecule has 0 aromatic carbocycles. The SMILES string of the molecule is COC(=O)C1=C(C(=O)OC)[C@H]2C=C[C@H]1[C@@H]1[C@H](Cl)[C@H](Cl)[C@@H]12. The van der Waals surface area contributed by atoms with Gasteiger partial charge in [-0.25, -0.2) is 9.59 Å². The highest BCUT2D eigenvalue weighted by atomic mass is 35.5. The molecule has 20 heavy (non-hydrogen) atoms. The molecular weight excluding hydrogens is 303 g/mol. The van der Waals surface area contributed by atoms with Gasteiger partial charge in [0.1, 0.15) is 0 Å². The van der Waals surface area contributed by atoms with Gasteiger partial charge in [0.05, 0.1) is 36.1 Å². The van der Waals surface area contributed by atoms with Crippen LogP contribution in [-0.2, 0) is 19.1 Å². The summed E-state index contributed by atoms with van der Waals surface area (Å²) >= 11 is 12.6. The van der Waals surface area contributed by atoms with Gasteiger partial charge >= 0.3 is 11.9 Å². The quantitative estimate of drug-likeness (QED) is 0.443. The molecule has 4 nitrogen and oxygen atoms in total. The van der Waals surface area contributed by atoms with E-state index in [1.807, 2.05) is 12.2 Å². The standard InChI is InChI=1S/C14H14Cl2O4/c1-19-13(17)9-5-3-4-6(10(9)14(18)20-2)8-7(5)11(15)12(8)16/h3-8,11-12H,1-2H3/t5-,6-,7-,8+,11-,12+/m0/s1. The van der Waals surface area contributed by atoms with Gasteiger partial charge in [-0.15, -0.1) is 23.2 Å². The number of esters is 2. The summed E-state index contributed by atoms with van der Waals surface area (Å²) in [6.07, 6.45) is 3.87. The van der Waals surface area contributed by atoms with Crippen molar-refractivity contribution in [3.05, 3.63) is 23.3 Å². The minimum absolute atomic E-state index is 0.0803. The second kappa shape index (κ2) is 4.78. The number of methoxy groups -OCH3 is 2. The third kappa shape index (κ3) is 1.61. The van der Waals surface area contributed by atoms with E-state index >= 15 is 0 Å². The fourth-order valence-corrected chi connectivity index (χ4v) is 4.71. The Balaban J connectivity index is 2.11. The van der Waals surface area contributed by atoms with E-state index in [0.29, 0.717) is 11.1 Å². The number of ether oxygens (including phenoxy) is 2. The van der Waals surface area contributed by atoms with Crippen molar-refractivity contribution in [3.63, 3.8) is 0 Å². The number of carbonyl (C=O) groups is 2. The van der Waals surface area contributed by atoms with Crippen molar-refractivity contribution in [1.82, 2.24) is 0 Å². The van der Waals surface area contributed by atoms with Gasteiger partial charge in [-0.2, -0.15) is 0 Å². The van der Waals surface area contributed by atoms with Gasteiger partial charge in [-0.05, 0) is 11.8 Å². The van der Waals surface area contributed by atoms with Crippen molar-refractivity contribution in [2.75, 3.05) is 14.2 Å². The Kier molecular flexibility index (Phi) is 3.33. The van der Waals surface area contributed by atoms with E-state index in [-0.39, 0.29) is 34.4 Å². The summed E-state index contributed by atoms with van der Waals surface area (Å²) in [6, 6.07) is 0. The Labute approximate surface area is 126 Å². The molecule has 0 saturated heterocycles. The molecule has 0 unspecified atom stereocenters. The number of rotatable bonds is 2. The lowest BCUT2D eigenvalue weighted by atomic mass is 9.51. The number of hydrogen-bond acceptors (Lipinski definition) is 4. The molecule has 0 heterocycles. The first kappa shape index (κ1) is 14.0. The van der Waals surface area contributed by atoms with Crippen LogP contribution in [0.1, 0.15) is 0 Å². The first-order chi connectivity index (χ1) is 9.52. The Morgan fingerprint density at radius 3 is 1.55 bits per heavy atom. The summed E-state index contributed by atoms with van der Waals surface area (Å²) < 4.78 is 9.64. The predicted octanol–water partition coefficient (Wildman–Crippen LogP) is 1.91. The molecule has 4 aliphatic carbocycles. The van der Waals surface area contributed by atoms with Crippen molar-refractivity contribution in [3.8, 4) is 0 Å². The van der Waals surface area contributed by atoms with Gasteiger partial charge in [-0.3, -0.25) is 0 Å². The van der Waals surface area contributed by atoms with Crippen LogP contribution in [0.5, 0.6) is 0 Å². The topological polar surface area (TPSA) is 52.6 Å². The van der Waals surface area contributed by atoms with Crippen LogP contribution < -0.4 is 0 Å². The van der Waals surface area contributed by atoms with Crippen LogP contribution in [0.4, 0.5) is 0 Å². The highest BCUT2D eigenvalue weighted by molar-refractivity contribution is 6.32. The minimum atomic E-state index is -0.495. The molecule has 0 aromatic heterocycles. The Hall–Kier alpha value is -1.00. The van der Waals surface area contributed by atoms with Crippen LogP contribution in [0.2, 0.25) is 0 Å². The summed E-state index contributed by atoms with van der Waals surface area (Å²) in [6.45, 7) is 0. The molecule has 4 rings (SSSR count). The average Bonchev–Trinajstić information content (AvgIpc) is 2.50. The molecule has 4 aliphatic rings. The summed E-state index contributed by atoms with van der Waals surface area (Å²) in [5, 5.41) is -0.393. The van der Waals surface area contributed by atoms with Crippen LogP contribution in [0, 0.1) is 23.7 Å². The fraction of sp³-hybridized carbons (Fsp3) is 0.571. The summed E-state index contributed by atoms with van der Waals surface area (Å²) in [7, 11) is 2.61. The van der Waals surface area contributed by atoms with Crippen molar-refractivity contribution in [2.24, 2.45) is 23.7 Å². The maximum Gasteiger partial charge on any atom is 0.334 e. The van der Waals surface area contributed by atoms with Crippen LogP contribution in [-0.4, -0.2) is 36.9 Å². The molecule has 0 aliphatic heterocycles. The lowest BCUT2D eigenvalue weighted by molar-refractivity contribution is -0.142. The second-order valence-electron chi connectivity index (χ2n) is 5.29. The number of hydrogen-bond donors (Lipinski definition) is 0. The molecule has 1 saturated carbocycles. The monoisotopic (exact) mass is 316 g/mol. The van der Waals surface area contributed by atoms with Gasteiger partial charge in [-0.1, -0.05) is 12.2 Å². The maximum absolute atomic E-state index is 12.1. The largest absolute Gasteiger partial charge is 0.466 e. The molecule has 2 bridgehead atoms. The first-order valence-electron chi connectivity index (χ1n) is 6.40. The van der Waals surface area contributed by atoms with E-state index in [2.05, 4.69) is 0 Å². The molecule has 108 valence electrons. The normalized spacial score (nSPS) is 41.0. The minimum Gasteiger partial charge on any atom is -0.466 e. The zero-order valence-electron chi connectivity index (χ0n) is 11.0. The van der Waals surface area contributed by atoms with E-state index in [1.165, 1.54) is 14.2 Å². The Bertz CT molecular complexity index is 493. The predicted molar refractivity (Wildman–Crippen MR) is 73.4 cm³/mol. The van der Waals surface area contributed by atoms with Crippen LogP contribution >= 0.6 is 23.2 Å². The lowest BCUT2D eigenvalue weighted by Gasteiger charge is -2.57. The Morgan fingerprint density at radius 2 is 1.25 bits per heavy atom. The number of alkyl halides is 2. The van der Waals surface area contributed by atoms with E-state index in [9.17, 15) is 9.59 Å². The average molecular weight is 317 g/mol. The Morgan fingerprint density at radius 1 is 0.900 bits per heavy atom. The van der Waals surface area contributed by atoms with Crippen LogP contribution in [0.15, 0.2) is 23.3 Å². The third-order valence-corrected chi connectivity index (χ3v) is 5.86. The molecule has 6 atom stereocenters. The third-order valence-electron chi connectivity index (χ3n) is 4.61. The fourth-order valence-electron chi connectivity index (χ4n) is 3.72. The lowest BCUT2D eigenvalue weighted by Crippen LogP contribution is -2.61. The summed E-state index contributed by atoms with van der Waals surface area (Å²) in [5.74, 6) is -1.27. The molecular formula is C14H14Cl2O4. The zero-order chi connectivity index (χ0) is 14.6. The van der Waals surface area contributed by atoms with Crippen LogP contribution in [0.25, 0.3) is 0 Å². The number of carbonyl (C=O) groups excluding carboxylic acids is 2. The molecule has 0 spiro atoms. The highest BCUT2D eigenvalue weighted by Gasteiger charge is 2.62. The smallest absolute Gasteiger partial charge is 0.334 e. The molecule has 1 fully saturated rings. The van der Waals surface area contributed by atoms with Gasteiger partial charge in [0, 0.05) is 11.8 Å². The number of allylic oxidation sites excluding steroid dienone is 2. The summed E-state index contributed by atoms with van der Waals surface area (Å²) in [4.78, 5) is 24.1. The molecule has 6 heteroatoms. The summed E-state index contributed by atoms with van der Waals surface area (Å²) in [5.41, 5.74) is 0.754. The van der Waals surface area contributed by atoms with Crippen molar-refractivity contribution >= 4 is 35.1 Å². The van der Waals surface area contributed by atoms with E-state index in [1.54, 1.807) is 0 Å².